The van der Waals surface area contributed by atoms with Crippen molar-refractivity contribution in [2.24, 2.45) is 7.05 Å². The van der Waals surface area contributed by atoms with Crippen molar-refractivity contribution in [3.8, 4) is 0 Å². The van der Waals surface area contributed by atoms with E-state index in [-0.39, 0.29) is 24.3 Å². The molecule has 98 valence electrons. The van der Waals surface area contributed by atoms with Crippen LogP contribution in [0.25, 0.3) is 0 Å². The highest BCUT2D eigenvalue weighted by molar-refractivity contribution is 6.01. The van der Waals surface area contributed by atoms with Crippen molar-refractivity contribution >= 4 is 11.9 Å². The Bertz CT molecular complexity index is 500. The van der Waals surface area contributed by atoms with Crippen LogP contribution >= 0.6 is 0 Å². The summed E-state index contributed by atoms with van der Waals surface area (Å²) >= 11 is 0. The van der Waals surface area contributed by atoms with Crippen molar-refractivity contribution in [2.45, 2.75) is 13.0 Å². The van der Waals surface area contributed by atoms with E-state index in [2.05, 4.69) is 5.10 Å². The van der Waals surface area contributed by atoms with Crippen LogP contribution in [0.1, 0.15) is 17.7 Å². The second-order valence-corrected chi connectivity index (χ2v) is 4.12. The van der Waals surface area contributed by atoms with Crippen molar-refractivity contribution < 1.29 is 18.4 Å². The zero-order valence-electron chi connectivity index (χ0n) is 9.93. The molecule has 0 spiro atoms. The number of rotatable bonds is 3. The fraction of sp³-hybridized carbons (Fsp3) is 0.500. The Kier molecular flexibility index (Phi) is 3.02. The normalized spacial score (nSPS) is 16.3. The Hall–Kier alpha value is -1.99. The average Bonchev–Trinajstić information content (AvgIpc) is 2.75. The van der Waals surface area contributed by atoms with Gasteiger partial charge in [-0.15, -0.1) is 0 Å². The van der Waals surface area contributed by atoms with Crippen LogP contribution in [0.5, 0.6) is 0 Å². The largest absolute Gasteiger partial charge is 0.327 e. The summed E-state index contributed by atoms with van der Waals surface area (Å²) in [5, 5.41) is 3.86. The van der Waals surface area contributed by atoms with Gasteiger partial charge in [0.25, 0.3) is 12.3 Å². The van der Waals surface area contributed by atoms with E-state index in [1.165, 1.54) is 29.9 Å². The third kappa shape index (κ3) is 2.05. The molecule has 1 fully saturated rings. The van der Waals surface area contributed by atoms with Gasteiger partial charge in [-0.25, -0.2) is 13.6 Å². The van der Waals surface area contributed by atoms with Crippen molar-refractivity contribution in [3.63, 3.8) is 0 Å². The van der Waals surface area contributed by atoms with Gasteiger partial charge in [0, 0.05) is 20.3 Å². The number of aromatic nitrogens is 2. The first-order valence-corrected chi connectivity index (χ1v) is 5.26. The molecule has 3 amide bonds. The molecule has 1 aromatic rings. The molecule has 0 saturated carbocycles. The van der Waals surface area contributed by atoms with E-state index in [1.807, 2.05) is 0 Å². The number of carbonyl (C=O) groups excluding carboxylic acids is 2. The molecule has 1 saturated heterocycles. The fourth-order valence-electron chi connectivity index (χ4n) is 1.83. The Balaban J connectivity index is 2.24. The second-order valence-electron chi connectivity index (χ2n) is 4.12. The van der Waals surface area contributed by atoms with Crippen LogP contribution in [0.3, 0.4) is 0 Å². The van der Waals surface area contributed by atoms with Crippen molar-refractivity contribution in [2.75, 3.05) is 13.6 Å². The molecule has 0 N–H and O–H groups in total. The molecule has 0 aromatic carbocycles. The lowest BCUT2D eigenvalue weighted by Gasteiger charge is -2.13. The molecule has 1 aliphatic rings. The lowest BCUT2D eigenvalue weighted by atomic mass is 10.2. The monoisotopic (exact) mass is 258 g/mol. The van der Waals surface area contributed by atoms with Gasteiger partial charge < -0.3 is 4.90 Å². The number of hydrogen-bond acceptors (Lipinski definition) is 3. The molecule has 0 bridgehead atoms. The number of alkyl halides is 2. The highest BCUT2D eigenvalue weighted by Gasteiger charge is 2.35. The Morgan fingerprint density at radius 3 is 2.56 bits per heavy atom. The van der Waals surface area contributed by atoms with Gasteiger partial charge in [0.15, 0.2) is 0 Å². The lowest BCUT2D eigenvalue weighted by Crippen LogP contribution is -2.31. The van der Waals surface area contributed by atoms with Gasteiger partial charge in [0.2, 0.25) is 0 Å². The zero-order chi connectivity index (χ0) is 13.4. The summed E-state index contributed by atoms with van der Waals surface area (Å²) in [6, 6.07) is -0.495. The molecule has 18 heavy (non-hydrogen) atoms. The summed E-state index contributed by atoms with van der Waals surface area (Å²) in [6.07, 6.45) is -1.49. The quantitative estimate of drug-likeness (QED) is 0.752. The Morgan fingerprint density at radius 1 is 1.39 bits per heavy atom. The van der Waals surface area contributed by atoms with Gasteiger partial charge in [-0.1, -0.05) is 0 Å². The van der Waals surface area contributed by atoms with Gasteiger partial charge >= 0.3 is 6.03 Å². The van der Waals surface area contributed by atoms with Gasteiger partial charge in [0.05, 0.1) is 17.8 Å². The molecule has 0 radical (unpaired) electrons. The summed E-state index contributed by atoms with van der Waals surface area (Å²) in [5.41, 5.74) is -0.211. The average molecular weight is 258 g/mol. The number of carbonyl (C=O) groups is 2. The topological polar surface area (TPSA) is 58.4 Å². The molecule has 0 aliphatic carbocycles. The van der Waals surface area contributed by atoms with E-state index in [0.29, 0.717) is 0 Å². The standard InChI is InChI=1S/C10H12F2N4O2/c1-14-5-8(17)16(10(14)18)4-7-6(9(11)12)3-15(2)13-7/h3,9H,4-5H2,1-2H3. The van der Waals surface area contributed by atoms with E-state index < -0.39 is 18.4 Å². The van der Waals surface area contributed by atoms with Crippen LogP contribution in [0, 0.1) is 0 Å². The number of urea groups is 1. The minimum Gasteiger partial charge on any atom is -0.318 e. The molecule has 1 aromatic heterocycles. The predicted molar refractivity (Wildman–Crippen MR) is 56.7 cm³/mol. The molecule has 0 atom stereocenters. The smallest absolute Gasteiger partial charge is 0.318 e. The Labute approximate surface area is 102 Å². The SMILES string of the molecule is CN1CC(=O)N(Cc2nn(C)cc2C(F)F)C1=O. The van der Waals surface area contributed by atoms with Crippen LogP contribution < -0.4 is 0 Å². The molecule has 2 rings (SSSR count). The second kappa shape index (κ2) is 4.35. The number of imide groups is 1. The summed E-state index contributed by atoms with van der Waals surface area (Å²) in [4.78, 5) is 25.3. The van der Waals surface area contributed by atoms with Crippen LogP contribution in [-0.2, 0) is 18.4 Å². The van der Waals surface area contributed by atoms with Gasteiger partial charge in [-0.2, -0.15) is 5.10 Å². The van der Waals surface area contributed by atoms with E-state index in [4.69, 9.17) is 0 Å². The number of nitrogens with zero attached hydrogens (tertiary/aromatic N) is 4. The molecular formula is C10H12F2N4O2. The number of halogens is 2. The first-order valence-electron chi connectivity index (χ1n) is 5.26. The van der Waals surface area contributed by atoms with Crippen molar-refractivity contribution in [3.05, 3.63) is 17.5 Å². The maximum Gasteiger partial charge on any atom is 0.327 e. The molecule has 0 unspecified atom stereocenters. The first kappa shape index (κ1) is 12.5. The van der Waals surface area contributed by atoms with E-state index in [1.54, 1.807) is 0 Å². The number of likely N-dealkylation sites (N-methyl/N-ethyl adjacent to an activating group) is 1. The van der Waals surface area contributed by atoms with Crippen LogP contribution in [-0.4, -0.2) is 45.1 Å². The summed E-state index contributed by atoms with van der Waals surface area (Å²) in [6.45, 7) is -0.252. The number of aryl methyl sites for hydroxylation is 1. The van der Waals surface area contributed by atoms with Gasteiger partial charge in [0.1, 0.15) is 6.54 Å². The van der Waals surface area contributed by atoms with Gasteiger partial charge in [-0.3, -0.25) is 14.4 Å². The van der Waals surface area contributed by atoms with E-state index in [9.17, 15) is 18.4 Å². The van der Waals surface area contributed by atoms with Gasteiger partial charge in [-0.05, 0) is 0 Å². The van der Waals surface area contributed by atoms with Crippen LogP contribution in [0.15, 0.2) is 6.20 Å². The zero-order valence-corrected chi connectivity index (χ0v) is 9.93. The highest BCUT2D eigenvalue weighted by Crippen LogP contribution is 2.24. The Morgan fingerprint density at radius 2 is 2.06 bits per heavy atom. The van der Waals surface area contributed by atoms with Crippen LogP contribution in [0.4, 0.5) is 13.6 Å². The maximum atomic E-state index is 12.7. The number of hydrogen-bond donors (Lipinski definition) is 0. The molecule has 8 heteroatoms. The molecular weight excluding hydrogens is 246 g/mol. The van der Waals surface area contributed by atoms with E-state index >= 15 is 0 Å². The van der Waals surface area contributed by atoms with E-state index in [0.717, 1.165) is 4.90 Å². The minimum absolute atomic E-state index is 0.0321. The van der Waals surface area contributed by atoms with Crippen LogP contribution in [0.2, 0.25) is 0 Å². The summed E-state index contributed by atoms with van der Waals surface area (Å²) in [7, 11) is 2.99. The lowest BCUT2D eigenvalue weighted by molar-refractivity contribution is -0.125. The fourth-order valence-corrected chi connectivity index (χ4v) is 1.83. The third-order valence-electron chi connectivity index (χ3n) is 2.71. The third-order valence-corrected chi connectivity index (χ3v) is 2.71. The predicted octanol–water partition coefficient (Wildman–Crippen LogP) is 0.752. The minimum atomic E-state index is -2.68. The molecule has 6 nitrogen and oxygen atoms in total. The maximum absolute atomic E-state index is 12.7. The van der Waals surface area contributed by atoms with Crippen molar-refractivity contribution in [1.82, 2.24) is 19.6 Å². The van der Waals surface area contributed by atoms with Crippen molar-refractivity contribution in [1.29, 1.82) is 0 Å². The summed E-state index contributed by atoms with van der Waals surface area (Å²) in [5.74, 6) is -0.409. The highest BCUT2D eigenvalue weighted by atomic mass is 19.3. The summed E-state index contributed by atoms with van der Waals surface area (Å²) < 4.78 is 26.7. The molecule has 2 heterocycles. The number of amides is 3. The first-order chi connectivity index (χ1) is 8.40. The molecule has 1 aliphatic heterocycles.